The maximum Gasteiger partial charge on any atom is 0.337 e. The second-order valence-electron chi connectivity index (χ2n) is 4.59. The Bertz CT molecular complexity index is 543. The van der Waals surface area contributed by atoms with E-state index in [4.69, 9.17) is 21.7 Å². The van der Waals surface area contributed by atoms with Gasteiger partial charge in [0.25, 0.3) is 0 Å². The van der Waals surface area contributed by atoms with E-state index in [9.17, 15) is 4.79 Å². The Hall–Kier alpha value is -1.92. The van der Waals surface area contributed by atoms with Crippen molar-refractivity contribution >= 4 is 23.3 Å². The van der Waals surface area contributed by atoms with Crippen LogP contribution in [0, 0.1) is 0 Å². The normalized spacial score (nSPS) is 14.4. The fourth-order valence-corrected chi connectivity index (χ4v) is 2.09. The van der Waals surface area contributed by atoms with Gasteiger partial charge >= 0.3 is 5.97 Å². The average Bonchev–Trinajstić information content (AvgIpc) is 2.47. The molecule has 0 saturated carbocycles. The number of benzene rings is 1. The first-order chi connectivity index (χ1) is 10.2. The minimum Gasteiger partial charge on any atom is -0.460 e. The maximum absolute atomic E-state index is 11.9. The molecule has 0 aliphatic carbocycles. The lowest BCUT2D eigenvalue weighted by molar-refractivity contribution is -0.140. The summed E-state index contributed by atoms with van der Waals surface area (Å²) in [7, 11) is 0. The monoisotopic (exact) mass is 306 g/mol. The summed E-state index contributed by atoms with van der Waals surface area (Å²) in [6.45, 7) is 3.30. The van der Waals surface area contributed by atoms with E-state index in [1.165, 1.54) is 0 Å². The molecule has 21 heavy (non-hydrogen) atoms. The molecule has 0 unspecified atom stereocenters. The third kappa shape index (κ3) is 4.84. The van der Waals surface area contributed by atoms with Crippen molar-refractivity contribution in [2.24, 2.45) is 0 Å². The molecule has 0 spiro atoms. The van der Waals surface area contributed by atoms with E-state index in [1.54, 1.807) is 6.92 Å². The molecule has 1 aliphatic rings. The van der Waals surface area contributed by atoms with E-state index in [2.05, 4.69) is 10.6 Å². The number of ether oxygens (including phenoxy) is 2. The number of hydrogen-bond donors (Lipinski definition) is 2. The highest BCUT2D eigenvalue weighted by Gasteiger charge is 2.19. The van der Waals surface area contributed by atoms with Crippen LogP contribution in [-0.4, -0.2) is 30.8 Å². The van der Waals surface area contributed by atoms with Gasteiger partial charge in [0.05, 0.1) is 25.3 Å². The fourth-order valence-electron chi connectivity index (χ4n) is 1.86. The second kappa shape index (κ2) is 7.75. The van der Waals surface area contributed by atoms with Crippen molar-refractivity contribution in [1.29, 1.82) is 0 Å². The Balaban J connectivity index is 1.68. The van der Waals surface area contributed by atoms with Crippen molar-refractivity contribution in [3.05, 3.63) is 47.2 Å². The lowest BCUT2D eigenvalue weighted by atomic mass is 10.2. The summed E-state index contributed by atoms with van der Waals surface area (Å²) in [4.78, 5) is 11.9. The Morgan fingerprint density at radius 1 is 1.29 bits per heavy atom. The molecular weight excluding hydrogens is 288 g/mol. The first-order valence-electron chi connectivity index (χ1n) is 6.70. The van der Waals surface area contributed by atoms with E-state index < -0.39 is 0 Å². The van der Waals surface area contributed by atoms with Gasteiger partial charge in [-0.3, -0.25) is 0 Å². The quantitative estimate of drug-likeness (QED) is 0.472. The van der Waals surface area contributed by atoms with Gasteiger partial charge < -0.3 is 20.1 Å². The molecule has 0 fully saturated rings. The summed E-state index contributed by atoms with van der Waals surface area (Å²) in [6, 6.07) is 9.85. The maximum atomic E-state index is 11.9. The molecule has 0 radical (unpaired) electrons. The SMILES string of the molecule is CC1=C(C(=O)OCCOCc2ccccc2)CNC(=S)N1. The van der Waals surface area contributed by atoms with Gasteiger partial charge in [0.1, 0.15) is 6.61 Å². The highest BCUT2D eigenvalue weighted by molar-refractivity contribution is 7.80. The molecule has 1 aromatic carbocycles. The molecule has 0 bridgehead atoms. The second-order valence-corrected chi connectivity index (χ2v) is 4.99. The van der Waals surface area contributed by atoms with E-state index in [0.717, 1.165) is 11.3 Å². The van der Waals surface area contributed by atoms with Crippen LogP contribution in [0.2, 0.25) is 0 Å². The molecule has 2 N–H and O–H groups in total. The smallest absolute Gasteiger partial charge is 0.337 e. The molecule has 2 rings (SSSR count). The van der Waals surface area contributed by atoms with Crippen LogP contribution in [0.15, 0.2) is 41.6 Å². The molecule has 0 aromatic heterocycles. The van der Waals surface area contributed by atoms with Gasteiger partial charge in [-0.2, -0.15) is 0 Å². The van der Waals surface area contributed by atoms with Crippen LogP contribution >= 0.6 is 12.2 Å². The molecule has 1 aromatic rings. The van der Waals surface area contributed by atoms with Crippen LogP contribution < -0.4 is 10.6 Å². The lowest BCUT2D eigenvalue weighted by Crippen LogP contribution is -2.43. The Labute approximate surface area is 129 Å². The zero-order valence-electron chi connectivity index (χ0n) is 11.8. The zero-order valence-corrected chi connectivity index (χ0v) is 12.7. The summed E-state index contributed by atoms with van der Waals surface area (Å²) in [5.74, 6) is -0.349. The highest BCUT2D eigenvalue weighted by Crippen LogP contribution is 2.07. The molecule has 5 nitrogen and oxygen atoms in total. The largest absolute Gasteiger partial charge is 0.460 e. The molecule has 0 amide bonds. The predicted octanol–water partition coefficient (Wildman–Crippen LogP) is 1.50. The molecule has 0 atom stereocenters. The van der Waals surface area contributed by atoms with Gasteiger partial charge in [0.15, 0.2) is 5.11 Å². The third-order valence-electron chi connectivity index (χ3n) is 3.00. The lowest BCUT2D eigenvalue weighted by Gasteiger charge is -2.20. The van der Waals surface area contributed by atoms with Gasteiger partial charge in [-0.15, -0.1) is 0 Å². The number of carbonyl (C=O) groups excluding carboxylic acids is 1. The van der Waals surface area contributed by atoms with Crippen molar-refractivity contribution in [2.45, 2.75) is 13.5 Å². The number of allylic oxidation sites excluding steroid dienone is 1. The minimum atomic E-state index is -0.349. The van der Waals surface area contributed by atoms with E-state index in [0.29, 0.717) is 30.4 Å². The summed E-state index contributed by atoms with van der Waals surface area (Å²) in [6.07, 6.45) is 0. The standard InChI is InChI=1S/C15H18N2O3S/c1-11-13(9-16-15(21)17-11)14(18)20-8-7-19-10-12-5-3-2-4-6-12/h2-6H,7-10H2,1H3,(H2,16,17,21). The number of esters is 1. The van der Waals surface area contributed by atoms with Crippen LogP contribution in [0.4, 0.5) is 0 Å². The molecule has 0 saturated heterocycles. The minimum absolute atomic E-state index is 0.229. The van der Waals surface area contributed by atoms with Gasteiger partial charge in [-0.25, -0.2) is 4.79 Å². The molecule has 1 heterocycles. The van der Waals surface area contributed by atoms with Gasteiger partial charge in [0.2, 0.25) is 0 Å². The van der Waals surface area contributed by atoms with E-state index in [1.807, 2.05) is 30.3 Å². The van der Waals surface area contributed by atoms with Gasteiger partial charge in [-0.1, -0.05) is 30.3 Å². The Kier molecular flexibility index (Phi) is 5.71. The van der Waals surface area contributed by atoms with Crippen molar-refractivity contribution in [3.8, 4) is 0 Å². The van der Waals surface area contributed by atoms with Crippen LogP contribution in [0.1, 0.15) is 12.5 Å². The summed E-state index contributed by atoms with van der Waals surface area (Å²) in [5.41, 5.74) is 2.39. The number of thiocarbonyl (C=S) groups is 1. The average molecular weight is 306 g/mol. The highest BCUT2D eigenvalue weighted by atomic mass is 32.1. The predicted molar refractivity (Wildman–Crippen MR) is 83.5 cm³/mol. The zero-order chi connectivity index (χ0) is 15.1. The number of rotatable bonds is 6. The number of hydrogen-bond acceptors (Lipinski definition) is 4. The molecule has 112 valence electrons. The van der Waals surface area contributed by atoms with Crippen LogP contribution in [0.5, 0.6) is 0 Å². The van der Waals surface area contributed by atoms with Crippen molar-refractivity contribution in [3.63, 3.8) is 0 Å². The molecule has 1 aliphatic heterocycles. The van der Waals surface area contributed by atoms with Crippen LogP contribution in [0.25, 0.3) is 0 Å². The number of nitrogens with one attached hydrogen (secondary N) is 2. The van der Waals surface area contributed by atoms with Crippen molar-refractivity contribution in [2.75, 3.05) is 19.8 Å². The summed E-state index contributed by atoms with van der Waals surface area (Å²) >= 11 is 4.96. The van der Waals surface area contributed by atoms with Crippen LogP contribution in [-0.2, 0) is 20.9 Å². The summed E-state index contributed by atoms with van der Waals surface area (Å²) in [5, 5.41) is 6.32. The van der Waals surface area contributed by atoms with E-state index >= 15 is 0 Å². The fraction of sp³-hybridized carbons (Fsp3) is 0.333. The van der Waals surface area contributed by atoms with Crippen molar-refractivity contribution < 1.29 is 14.3 Å². The third-order valence-corrected chi connectivity index (χ3v) is 3.24. The summed E-state index contributed by atoms with van der Waals surface area (Å²) < 4.78 is 10.6. The van der Waals surface area contributed by atoms with E-state index in [-0.39, 0.29) is 12.6 Å². The van der Waals surface area contributed by atoms with Crippen LogP contribution in [0.3, 0.4) is 0 Å². The molecular formula is C15H18N2O3S. The Morgan fingerprint density at radius 3 is 2.76 bits per heavy atom. The van der Waals surface area contributed by atoms with Gasteiger partial charge in [0, 0.05) is 5.70 Å². The van der Waals surface area contributed by atoms with Crippen molar-refractivity contribution in [1.82, 2.24) is 10.6 Å². The first kappa shape index (κ1) is 15.5. The number of carbonyl (C=O) groups is 1. The molecule has 6 heteroatoms. The van der Waals surface area contributed by atoms with Gasteiger partial charge in [-0.05, 0) is 24.7 Å². The first-order valence-corrected chi connectivity index (χ1v) is 7.11. The topological polar surface area (TPSA) is 59.6 Å². The Morgan fingerprint density at radius 2 is 2.05 bits per heavy atom.